The molecule has 0 aliphatic carbocycles. The molecule has 1 unspecified atom stereocenters. The lowest BCUT2D eigenvalue weighted by molar-refractivity contribution is -0.384. The van der Waals surface area contributed by atoms with Crippen LogP contribution in [-0.4, -0.2) is 20.1 Å². The van der Waals surface area contributed by atoms with Gasteiger partial charge in [-0.1, -0.05) is 0 Å². The first-order chi connectivity index (χ1) is 8.59. The highest BCUT2D eigenvalue weighted by Gasteiger charge is 2.20. The quantitative estimate of drug-likeness (QED) is 0.637. The zero-order valence-electron chi connectivity index (χ0n) is 10.0. The van der Waals surface area contributed by atoms with Crippen LogP contribution in [0.1, 0.15) is 24.1 Å². The Bertz CT molecular complexity index is 553. The van der Waals surface area contributed by atoms with Crippen molar-refractivity contribution < 1.29 is 4.92 Å². The van der Waals surface area contributed by atoms with Crippen LogP contribution in [0, 0.1) is 17.0 Å². The van der Waals surface area contributed by atoms with Crippen molar-refractivity contribution in [2.45, 2.75) is 19.9 Å². The lowest BCUT2D eigenvalue weighted by Crippen LogP contribution is -2.09. The number of pyridine rings is 1. The maximum Gasteiger partial charge on any atom is 0.314 e. The molecule has 0 bridgehead atoms. The van der Waals surface area contributed by atoms with Crippen molar-refractivity contribution in [2.75, 3.05) is 5.32 Å². The highest BCUT2D eigenvalue weighted by Crippen LogP contribution is 2.28. The number of aromatic nitrogens is 3. The molecular formula is C11H13N5O2. The first kappa shape index (κ1) is 12.0. The van der Waals surface area contributed by atoms with E-state index in [1.807, 2.05) is 6.92 Å². The Kier molecular flexibility index (Phi) is 3.22. The number of anilines is 1. The number of aryl methyl sites for hydroxylation is 1. The summed E-state index contributed by atoms with van der Waals surface area (Å²) in [5.74, 6) is 0.272. The Morgan fingerprint density at radius 3 is 2.94 bits per heavy atom. The van der Waals surface area contributed by atoms with Crippen LogP contribution in [0.4, 0.5) is 11.5 Å². The Labute approximate surface area is 103 Å². The van der Waals surface area contributed by atoms with Crippen molar-refractivity contribution in [3.05, 3.63) is 45.9 Å². The average molecular weight is 247 g/mol. The fourth-order valence-electron chi connectivity index (χ4n) is 1.67. The molecule has 7 heteroatoms. The fourth-order valence-corrected chi connectivity index (χ4v) is 1.67. The van der Waals surface area contributed by atoms with Gasteiger partial charge in [0.25, 0.3) is 0 Å². The molecular weight excluding hydrogens is 234 g/mol. The molecule has 0 saturated heterocycles. The number of nitrogens with zero attached hydrogens (tertiary/aromatic N) is 3. The van der Waals surface area contributed by atoms with Gasteiger partial charge in [-0.2, -0.15) is 5.10 Å². The maximum atomic E-state index is 11.0. The molecule has 2 aromatic rings. The van der Waals surface area contributed by atoms with E-state index >= 15 is 0 Å². The van der Waals surface area contributed by atoms with Crippen LogP contribution in [0.5, 0.6) is 0 Å². The zero-order chi connectivity index (χ0) is 13.1. The maximum absolute atomic E-state index is 11.0. The second-order valence-corrected chi connectivity index (χ2v) is 3.98. The summed E-state index contributed by atoms with van der Waals surface area (Å²) in [6, 6.07) is 1.50. The molecule has 2 N–H and O–H groups in total. The molecule has 0 radical (unpaired) electrons. The van der Waals surface area contributed by atoms with Crippen molar-refractivity contribution in [1.29, 1.82) is 0 Å². The highest BCUT2D eigenvalue weighted by atomic mass is 16.6. The summed E-state index contributed by atoms with van der Waals surface area (Å²) in [7, 11) is 0. The van der Waals surface area contributed by atoms with E-state index in [1.54, 1.807) is 31.6 Å². The van der Waals surface area contributed by atoms with E-state index in [4.69, 9.17) is 0 Å². The van der Waals surface area contributed by atoms with Gasteiger partial charge < -0.3 is 5.32 Å². The van der Waals surface area contributed by atoms with Crippen LogP contribution in [0.25, 0.3) is 0 Å². The van der Waals surface area contributed by atoms with Gasteiger partial charge >= 0.3 is 5.69 Å². The number of nitro groups is 1. The number of hydrogen-bond donors (Lipinski definition) is 2. The minimum atomic E-state index is -0.424. The molecule has 0 aromatic carbocycles. The third-order valence-electron chi connectivity index (χ3n) is 2.68. The third-order valence-corrected chi connectivity index (χ3v) is 2.68. The summed E-state index contributed by atoms with van der Waals surface area (Å²) in [5, 5.41) is 20.6. The Morgan fingerprint density at radius 2 is 2.33 bits per heavy atom. The van der Waals surface area contributed by atoms with E-state index < -0.39 is 4.92 Å². The third kappa shape index (κ3) is 2.29. The van der Waals surface area contributed by atoms with E-state index in [0.717, 1.165) is 5.56 Å². The minimum absolute atomic E-state index is 0.00726. The summed E-state index contributed by atoms with van der Waals surface area (Å²) in [6.45, 7) is 3.58. The van der Waals surface area contributed by atoms with E-state index in [2.05, 4.69) is 20.5 Å². The molecule has 7 nitrogen and oxygen atoms in total. The van der Waals surface area contributed by atoms with E-state index in [-0.39, 0.29) is 17.5 Å². The lowest BCUT2D eigenvalue weighted by Gasteiger charge is -2.13. The average Bonchev–Trinajstić information content (AvgIpc) is 2.81. The van der Waals surface area contributed by atoms with Crippen LogP contribution in [0.2, 0.25) is 0 Å². The second kappa shape index (κ2) is 4.82. The highest BCUT2D eigenvalue weighted by molar-refractivity contribution is 5.60. The molecule has 0 fully saturated rings. The van der Waals surface area contributed by atoms with Gasteiger partial charge in [0.05, 0.1) is 17.2 Å². The summed E-state index contributed by atoms with van der Waals surface area (Å²) in [4.78, 5) is 14.6. The van der Waals surface area contributed by atoms with Crippen LogP contribution in [-0.2, 0) is 0 Å². The van der Waals surface area contributed by atoms with Crippen LogP contribution < -0.4 is 5.32 Å². The van der Waals surface area contributed by atoms with Crippen molar-refractivity contribution in [1.82, 2.24) is 15.2 Å². The van der Waals surface area contributed by atoms with Crippen molar-refractivity contribution in [3.63, 3.8) is 0 Å². The molecule has 1 atom stereocenters. The largest absolute Gasteiger partial charge is 0.358 e. The second-order valence-electron chi connectivity index (χ2n) is 3.98. The topological polar surface area (TPSA) is 96.7 Å². The summed E-state index contributed by atoms with van der Waals surface area (Å²) in [6.07, 6.45) is 4.95. The minimum Gasteiger partial charge on any atom is -0.358 e. The predicted molar refractivity (Wildman–Crippen MR) is 66.3 cm³/mol. The lowest BCUT2D eigenvalue weighted by atomic mass is 10.2. The molecule has 94 valence electrons. The normalized spacial score (nSPS) is 12.1. The van der Waals surface area contributed by atoms with Crippen molar-refractivity contribution in [2.24, 2.45) is 0 Å². The Balaban J connectivity index is 2.29. The number of nitrogens with one attached hydrogen (secondary N) is 2. The van der Waals surface area contributed by atoms with E-state index in [9.17, 15) is 10.1 Å². The Hall–Kier alpha value is -2.44. The molecule has 2 aromatic heterocycles. The summed E-state index contributed by atoms with van der Waals surface area (Å²) >= 11 is 0. The van der Waals surface area contributed by atoms with Gasteiger partial charge in [0.15, 0.2) is 0 Å². The molecule has 0 amide bonds. The Morgan fingerprint density at radius 1 is 1.56 bits per heavy atom. The van der Waals surface area contributed by atoms with E-state index in [1.165, 1.54) is 0 Å². The number of rotatable bonds is 4. The smallest absolute Gasteiger partial charge is 0.314 e. The molecule has 0 aliphatic rings. The van der Waals surface area contributed by atoms with Gasteiger partial charge in [0, 0.05) is 23.5 Å². The molecule has 0 aliphatic heterocycles. The molecule has 0 saturated carbocycles. The fraction of sp³-hybridized carbons (Fsp3) is 0.273. The predicted octanol–water partition coefficient (Wildman–Crippen LogP) is 2.19. The molecule has 18 heavy (non-hydrogen) atoms. The number of aromatic amines is 1. The number of H-pyrrole nitrogens is 1. The van der Waals surface area contributed by atoms with E-state index in [0.29, 0.717) is 5.56 Å². The molecule has 2 heterocycles. The summed E-state index contributed by atoms with van der Waals surface area (Å²) < 4.78 is 0. The van der Waals surface area contributed by atoms with Gasteiger partial charge in [-0.15, -0.1) is 0 Å². The van der Waals surface area contributed by atoms with Crippen LogP contribution >= 0.6 is 0 Å². The van der Waals surface area contributed by atoms with Crippen LogP contribution in [0.15, 0.2) is 24.7 Å². The van der Waals surface area contributed by atoms with Crippen molar-refractivity contribution in [3.8, 4) is 0 Å². The van der Waals surface area contributed by atoms with Gasteiger partial charge in [-0.25, -0.2) is 4.98 Å². The zero-order valence-corrected chi connectivity index (χ0v) is 10.0. The first-order valence-corrected chi connectivity index (χ1v) is 5.45. The number of hydrogen-bond acceptors (Lipinski definition) is 5. The standard InChI is InChI=1S/C11H13N5O2/c1-7-3-4-12-11(10(7)16(17)18)15-8(2)9-5-13-14-6-9/h3-6,8H,1-2H3,(H,12,15)(H,13,14). The SMILES string of the molecule is Cc1ccnc(NC(C)c2cn[nH]c2)c1[N+](=O)[O-]. The first-order valence-electron chi connectivity index (χ1n) is 5.45. The van der Waals surface area contributed by atoms with Gasteiger partial charge in [-0.05, 0) is 19.9 Å². The molecule has 0 spiro atoms. The monoisotopic (exact) mass is 247 g/mol. The summed E-state index contributed by atoms with van der Waals surface area (Å²) in [5.41, 5.74) is 1.50. The van der Waals surface area contributed by atoms with Gasteiger partial charge in [0.1, 0.15) is 0 Å². The van der Waals surface area contributed by atoms with Crippen LogP contribution in [0.3, 0.4) is 0 Å². The molecule has 2 rings (SSSR count). The van der Waals surface area contributed by atoms with Gasteiger partial charge in [0.2, 0.25) is 5.82 Å². The van der Waals surface area contributed by atoms with Crippen molar-refractivity contribution >= 4 is 11.5 Å². The van der Waals surface area contributed by atoms with Gasteiger partial charge in [-0.3, -0.25) is 15.2 Å².